The Kier molecular flexibility index (Phi) is 3.93. The van der Waals surface area contributed by atoms with Gasteiger partial charge in [0, 0.05) is 0 Å². The summed E-state index contributed by atoms with van der Waals surface area (Å²) in [4.78, 5) is 11.1. The molecule has 1 fully saturated rings. The number of ether oxygens (including phenoxy) is 1. The first-order valence-corrected chi connectivity index (χ1v) is 7.07. The van der Waals surface area contributed by atoms with Gasteiger partial charge in [0.25, 0.3) is 0 Å². The molecule has 0 amide bonds. The van der Waals surface area contributed by atoms with Gasteiger partial charge in [-0.25, -0.2) is 4.79 Å². The molecule has 3 N–H and O–H groups in total. The zero-order valence-corrected chi connectivity index (χ0v) is 12.3. The third kappa shape index (κ3) is 3.24. The first-order chi connectivity index (χ1) is 9.28. The van der Waals surface area contributed by atoms with Gasteiger partial charge in [0.1, 0.15) is 5.75 Å². The number of rotatable bonds is 3. The molecule has 2 unspecified atom stereocenters. The number of carboxylic acid groups (broad SMARTS) is 1. The maximum Gasteiger partial charge on any atom is 0.337 e. The molecule has 1 saturated carbocycles. The number of nitrogen functional groups attached to an aromatic ring is 1. The molecule has 0 saturated heterocycles. The van der Waals surface area contributed by atoms with E-state index in [0.717, 1.165) is 12.8 Å². The minimum Gasteiger partial charge on any atom is -0.488 e. The van der Waals surface area contributed by atoms with E-state index < -0.39 is 5.97 Å². The van der Waals surface area contributed by atoms with Crippen molar-refractivity contribution in [1.82, 2.24) is 0 Å². The van der Waals surface area contributed by atoms with Gasteiger partial charge < -0.3 is 15.6 Å². The van der Waals surface area contributed by atoms with Gasteiger partial charge in [0.2, 0.25) is 0 Å². The van der Waals surface area contributed by atoms with Crippen molar-refractivity contribution in [2.75, 3.05) is 5.73 Å². The van der Waals surface area contributed by atoms with Crippen molar-refractivity contribution >= 4 is 11.7 Å². The number of benzene rings is 1. The summed E-state index contributed by atoms with van der Waals surface area (Å²) in [6, 6.07) is 4.92. The Balaban J connectivity index is 2.18. The molecule has 2 rings (SSSR count). The third-order valence-corrected chi connectivity index (χ3v) is 3.94. The van der Waals surface area contributed by atoms with Crippen LogP contribution in [-0.2, 0) is 0 Å². The second-order valence-electron chi connectivity index (χ2n) is 6.68. The molecule has 1 aromatic carbocycles. The second-order valence-corrected chi connectivity index (χ2v) is 6.68. The van der Waals surface area contributed by atoms with Crippen LogP contribution < -0.4 is 10.5 Å². The first kappa shape index (κ1) is 14.7. The minimum absolute atomic E-state index is 0.0973. The van der Waals surface area contributed by atoms with Crippen LogP contribution in [0.15, 0.2) is 18.2 Å². The topological polar surface area (TPSA) is 72.5 Å². The SMILES string of the molecule is CC1CC(Oc2cccc(C(=O)O)c2N)CC(C)(C)C1. The van der Waals surface area contributed by atoms with E-state index in [1.54, 1.807) is 12.1 Å². The summed E-state index contributed by atoms with van der Waals surface area (Å²) in [7, 11) is 0. The molecule has 4 heteroatoms. The zero-order valence-electron chi connectivity index (χ0n) is 12.3. The number of nitrogens with two attached hydrogens (primary N) is 1. The van der Waals surface area contributed by atoms with Crippen LogP contribution in [0.2, 0.25) is 0 Å². The van der Waals surface area contributed by atoms with Crippen LogP contribution in [0.1, 0.15) is 50.4 Å². The van der Waals surface area contributed by atoms with Crippen molar-refractivity contribution in [2.45, 2.75) is 46.1 Å². The molecule has 0 aromatic heterocycles. The van der Waals surface area contributed by atoms with Crippen LogP contribution in [0, 0.1) is 11.3 Å². The second kappa shape index (κ2) is 5.35. The number of aromatic carboxylic acids is 1. The molecule has 0 spiro atoms. The Morgan fingerprint density at radius 2 is 2.10 bits per heavy atom. The molecule has 0 aliphatic heterocycles. The van der Waals surface area contributed by atoms with E-state index in [4.69, 9.17) is 15.6 Å². The van der Waals surface area contributed by atoms with Crippen molar-refractivity contribution in [1.29, 1.82) is 0 Å². The molecule has 2 atom stereocenters. The molecule has 1 aliphatic rings. The molecule has 0 radical (unpaired) electrons. The van der Waals surface area contributed by atoms with E-state index in [2.05, 4.69) is 20.8 Å². The average molecular weight is 277 g/mol. The summed E-state index contributed by atoms with van der Waals surface area (Å²) >= 11 is 0. The zero-order chi connectivity index (χ0) is 14.9. The van der Waals surface area contributed by atoms with Crippen molar-refractivity contribution in [3.05, 3.63) is 23.8 Å². The Labute approximate surface area is 119 Å². The van der Waals surface area contributed by atoms with Gasteiger partial charge in [-0.15, -0.1) is 0 Å². The smallest absolute Gasteiger partial charge is 0.337 e. The van der Waals surface area contributed by atoms with Gasteiger partial charge in [-0.1, -0.05) is 26.8 Å². The van der Waals surface area contributed by atoms with Crippen molar-refractivity contribution in [3.8, 4) is 5.75 Å². The summed E-state index contributed by atoms with van der Waals surface area (Å²) < 4.78 is 5.99. The average Bonchev–Trinajstić information content (AvgIpc) is 2.28. The summed E-state index contributed by atoms with van der Waals surface area (Å²) in [5.41, 5.74) is 6.47. The maximum absolute atomic E-state index is 11.1. The van der Waals surface area contributed by atoms with Crippen LogP contribution in [0.25, 0.3) is 0 Å². The summed E-state index contributed by atoms with van der Waals surface area (Å²) in [5.74, 6) is 0.0673. The molecule has 1 aromatic rings. The normalized spacial score (nSPS) is 25.1. The molecular formula is C16H23NO3. The van der Waals surface area contributed by atoms with E-state index in [1.165, 1.54) is 12.5 Å². The summed E-state index contributed by atoms with van der Waals surface area (Å²) in [6.07, 6.45) is 3.24. The van der Waals surface area contributed by atoms with Gasteiger partial charge in [-0.2, -0.15) is 0 Å². The van der Waals surface area contributed by atoms with Gasteiger partial charge >= 0.3 is 5.97 Å². The number of hydrogen-bond donors (Lipinski definition) is 2. The summed E-state index contributed by atoms with van der Waals surface area (Å²) in [6.45, 7) is 6.72. The quantitative estimate of drug-likeness (QED) is 0.828. The fourth-order valence-electron chi connectivity index (χ4n) is 3.36. The lowest BCUT2D eigenvalue weighted by atomic mass is 9.71. The lowest BCUT2D eigenvalue weighted by molar-refractivity contribution is 0.0562. The highest BCUT2D eigenvalue weighted by Gasteiger charge is 2.33. The van der Waals surface area contributed by atoms with Crippen LogP contribution in [0.4, 0.5) is 5.69 Å². The highest BCUT2D eigenvalue weighted by atomic mass is 16.5. The van der Waals surface area contributed by atoms with Gasteiger partial charge in [0.05, 0.1) is 17.4 Å². The Hall–Kier alpha value is -1.71. The van der Waals surface area contributed by atoms with Gasteiger partial charge in [0.15, 0.2) is 0 Å². The largest absolute Gasteiger partial charge is 0.488 e. The van der Waals surface area contributed by atoms with Crippen LogP contribution in [-0.4, -0.2) is 17.2 Å². The molecule has 110 valence electrons. The predicted molar refractivity (Wildman–Crippen MR) is 79.0 cm³/mol. The Bertz CT molecular complexity index is 510. The van der Waals surface area contributed by atoms with E-state index in [1.807, 2.05) is 0 Å². The minimum atomic E-state index is -1.02. The highest BCUT2D eigenvalue weighted by Crippen LogP contribution is 2.40. The third-order valence-electron chi connectivity index (χ3n) is 3.94. The first-order valence-electron chi connectivity index (χ1n) is 7.07. The number of para-hydroxylation sites is 1. The van der Waals surface area contributed by atoms with Crippen LogP contribution >= 0.6 is 0 Å². The van der Waals surface area contributed by atoms with Gasteiger partial charge in [-0.05, 0) is 42.7 Å². The Morgan fingerprint density at radius 1 is 1.40 bits per heavy atom. The Morgan fingerprint density at radius 3 is 2.70 bits per heavy atom. The van der Waals surface area contributed by atoms with E-state index in [-0.39, 0.29) is 22.8 Å². The molecule has 20 heavy (non-hydrogen) atoms. The lowest BCUT2D eigenvalue weighted by Gasteiger charge is -2.39. The molecule has 4 nitrogen and oxygen atoms in total. The number of carbonyl (C=O) groups is 1. The van der Waals surface area contributed by atoms with E-state index in [9.17, 15) is 4.79 Å². The van der Waals surface area contributed by atoms with Crippen LogP contribution in [0.3, 0.4) is 0 Å². The van der Waals surface area contributed by atoms with Crippen molar-refractivity contribution in [3.63, 3.8) is 0 Å². The van der Waals surface area contributed by atoms with Gasteiger partial charge in [-0.3, -0.25) is 0 Å². The van der Waals surface area contributed by atoms with E-state index in [0.29, 0.717) is 11.7 Å². The lowest BCUT2D eigenvalue weighted by Crippen LogP contribution is -2.34. The fourth-order valence-corrected chi connectivity index (χ4v) is 3.36. The predicted octanol–water partition coefficient (Wildman–Crippen LogP) is 3.56. The molecule has 1 aliphatic carbocycles. The highest BCUT2D eigenvalue weighted by molar-refractivity contribution is 5.95. The number of carboxylic acids is 1. The molecular weight excluding hydrogens is 254 g/mol. The standard InChI is InChI=1S/C16H23NO3/c1-10-7-11(9-16(2,3)8-10)20-13-6-4-5-12(14(13)17)15(18)19/h4-6,10-11H,7-9,17H2,1-3H3,(H,18,19). The van der Waals surface area contributed by atoms with Crippen molar-refractivity contribution < 1.29 is 14.6 Å². The molecule has 0 bridgehead atoms. The number of anilines is 1. The fraction of sp³-hybridized carbons (Fsp3) is 0.562. The van der Waals surface area contributed by atoms with Crippen LogP contribution in [0.5, 0.6) is 5.75 Å². The molecule has 0 heterocycles. The summed E-state index contributed by atoms with van der Waals surface area (Å²) in [5, 5.41) is 9.09. The van der Waals surface area contributed by atoms with Crippen molar-refractivity contribution in [2.24, 2.45) is 11.3 Å². The number of hydrogen-bond acceptors (Lipinski definition) is 3. The maximum atomic E-state index is 11.1. The monoisotopic (exact) mass is 277 g/mol. The van der Waals surface area contributed by atoms with E-state index >= 15 is 0 Å².